The lowest BCUT2D eigenvalue weighted by Gasteiger charge is -2.51. The van der Waals surface area contributed by atoms with Crippen molar-refractivity contribution in [1.29, 1.82) is 0 Å². The molecule has 2 atom stereocenters. The van der Waals surface area contributed by atoms with E-state index in [9.17, 15) is 0 Å². The van der Waals surface area contributed by atoms with Gasteiger partial charge in [-0.15, -0.1) is 0 Å². The van der Waals surface area contributed by atoms with Crippen LogP contribution in [0.2, 0.25) is 0 Å². The molecule has 1 fully saturated rings. The Balaban J connectivity index is 1.15. The molecule has 72 heavy (non-hydrogen) atoms. The smallest absolute Gasteiger partial charge is 0.276 e. The molecule has 11 aromatic rings. The van der Waals surface area contributed by atoms with E-state index in [4.69, 9.17) is 0 Å². The SMILES string of the molecule is CC12CCCCC1(C)N(c1cc3c4c(c1)N(c1cccc(-c5ccccc5)c1)c1c(c5ccccc5n1-c1ccccc1)B4c1c(c4ccccc4n1-c1ccccc1)N3c1ccccc1)c1ccccc12. The summed E-state index contributed by atoms with van der Waals surface area (Å²) in [6.07, 6.45) is 4.71. The summed E-state index contributed by atoms with van der Waals surface area (Å²) < 4.78 is 5.14. The monoisotopic (exact) mass is 925 g/mol. The first-order valence-electron chi connectivity index (χ1n) is 25.8. The molecular weight excluding hydrogens is 874 g/mol. The highest BCUT2D eigenvalue weighted by Gasteiger charge is 2.58. The fraction of sp³-hybridized carbons (Fsp3) is 0.121. The Hall–Kier alpha value is -8.48. The predicted octanol–water partition coefficient (Wildman–Crippen LogP) is 15.1. The van der Waals surface area contributed by atoms with E-state index in [0.29, 0.717) is 0 Å². The van der Waals surface area contributed by atoms with Crippen LogP contribution in [-0.2, 0) is 5.41 Å². The molecule has 0 saturated heterocycles. The summed E-state index contributed by atoms with van der Waals surface area (Å²) in [7, 11) is 0. The molecule has 3 aliphatic heterocycles. The molecule has 4 aliphatic rings. The highest BCUT2D eigenvalue weighted by Crippen LogP contribution is 2.62. The van der Waals surface area contributed by atoms with Crippen LogP contribution in [0.4, 0.5) is 45.6 Å². The maximum Gasteiger partial charge on any atom is 0.276 e. The number of benzene rings is 9. The molecule has 0 spiro atoms. The van der Waals surface area contributed by atoms with E-state index in [-0.39, 0.29) is 17.7 Å². The number of aromatic nitrogens is 2. The van der Waals surface area contributed by atoms with Crippen LogP contribution in [0.1, 0.15) is 45.1 Å². The number of para-hydroxylation sites is 6. The van der Waals surface area contributed by atoms with Gasteiger partial charge in [-0.3, -0.25) is 9.47 Å². The van der Waals surface area contributed by atoms with Crippen LogP contribution in [-0.4, -0.2) is 21.4 Å². The standard InChI is InChI=1S/C66H52BN5/c1-65-40-21-22-41-66(65,2)72(57-39-20-17-36-54(57)65)51-43-58-61-59(44-51)71(50-33-23-26-46(42-50)45-24-7-3-8-25-45)64-60(52-34-15-18-37-55(52)70(64)49-31-13-6-14-32-49)67(61)63-62(68(58)47-27-9-4-10-28-47)53-35-16-19-38-56(53)69(63)48-29-11-5-12-30-48/h3-20,23-39,42-44H,21-22,40-41H2,1-2H3. The van der Waals surface area contributed by atoms with Crippen molar-refractivity contribution >= 4 is 90.7 Å². The minimum absolute atomic E-state index is 0.0243. The van der Waals surface area contributed by atoms with E-state index in [1.807, 2.05) is 0 Å². The molecule has 1 aliphatic carbocycles. The van der Waals surface area contributed by atoms with Crippen molar-refractivity contribution in [2.24, 2.45) is 0 Å². The quantitative estimate of drug-likeness (QED) is 0.155. The lowest BCUT2D eigenvalue weighted by molar-refractivity contribution is 0.195. The number of hydrogen-bond acceptors (Lipinski definition) is 3. The van der Waals surface area contributed by atoms with Crippen LogP contribution in [0.5, 0.6) is 0 Å². The molecule has 2 aromatic heterocycles. The normalized spacial score (nSPS) is 18.5. The average molecular weight is 926 g/mol. The molecule has 0 bridgehead atoms. The van der Waals surface area contributed by atoms with Gasteiger partial charge in [0.05, 0.1) is 22.3 Å². The van der Waals surface area contributed by atoms with Crippen molar-refractivity contribution in [2.45, 2.75) is 50.5 Å². The second kappa shape index (κ2) is 15.5. The van der Waals surface area contributed by atoms with E-state index in [0.717, 1.165) is 41.4 Å². The van der Waals surface area contributed by atoms with Crippen LogP contribution in [0.25, 0.3) is 44.3 Å². The molecule has 0 radical (unpaired) electrons. The Morgan fingerprint density at radius 1 is 0.403 bits per heavy atom. The van der Waals surface area contributed by atoms with Gasteiger partial charge in [-0.2, -0.15) is 0 Å². The fourth-order valence-electron chi connectivity index (χ4n) is 13.9. The Morgan fingerprint density at radius 3 is 1.67 bits per heavy atom. The van der Waals surface area contributed by atoms with Gasteiger partial charge in [0.2, 0.25) is 0 Å². The molecular formula is C66H52BN5. The molecule has 2 unspecified atom stereocenters. The van der Waals surface area contributed by atoms with E-state index in [1.54, 1.807) is 0 Å². The number of fused-ring (bicyclic) bond motifs is 11. The summed E-state index contributed by atoms with van der Waals surface area (Å²) in [6.45, 7) is 4.94. The molecule has 5 nitrogen and oxygen atoms in total. The third kappa shape index (κ3) is 5.61. The van der Waals surface area contributed by atoms with Gasteiger partial charge in [-0.25, -0.2) is 0 Å². The second-order valence-electron chi connectivity index (χ2n) is 20.8. The topological polar surface area (TPSA) is 19.6 Å². The molecule has 0 N–H and O–H groups in total. The average Bonchev–Trinajstić information content (AvgIpc) is 4.04. The highest BCUT2D eigenvalue weighted by atomic mass is 15.3. The van der Waals surface area contributed by atoms with Crippen molar-refractivity contribution in [2.75, 3.05) is 14.7 Å². The Bertz CT molecular complexity index is 3940. The molecule has 15 rings (SSSR count). The zero-order chi connectivity index (χ0) is 47.7. The van der Waals surface area contributed by atoms with Crippen LogP contribution in [0, 0.1) is 0 Å². The Kier molecular flexibility index (Phi) is 8.90. The first kappa shape index (κ1) is 41.3. The molecule has 344 valence electrons. The third-order valence-electron chi connectivity index (χ3n) is 17.2. The van der Waals surface area contributed by atoms with Gasteiger partial charge < -0.3 is 14.4 Å². The summed E-state index contributed by atoms with van der Waals surface area (Å²) in [5.41, 5.74) is 20.6. The third-order valence-corrected chi connectivity index (χ3v) is 17.2. The minimum atomic E-state index is -0.175. The molecule has 9 aromatic carbocycles. The van der Waals surface area contributed by atoms with Crippen LogP contribution in [0.3, 0.4) is 0 Å². The van der Waals surface area contributed by atoms with Crippen molar-refractivity contribution in [3.8, 4) is 22.5 Å². The van der Waals surface area contributed by atoms with Gasteiger partial charge in [0.15, 0.2) is 0 Å². The van der Waals surface area contributed by atoms with Crippen LogP contribution >= 0.6 is 0 Å². The van der Waals surface area contributed by atoms with E-state index in [1.165, 1.54) is 96.3 Å². The van der Waals surface area contributed by atoms with Gasteiger partial charge in [-0.05, 0) is 132 Å². The summed E-state index contributed by atoms with van der Waals surface area (Å²) in [5, 5.41) is 2.47. The first-order valence-corrected chi connectivity index (χ1v) is 25.8. The number of rotatable bonds is 6. The maximum absolute atomic E-state index is 2.78. The Labute approximate surface area is 421 Å². The summed E-state index contributed by atoms with van der Waals surface area (Å²) in [4.78, 5) is 8.04. The summed E-state index contributed by atoms with van der Waals surface area (Å²) >= 11 is 0. The zero-order valence-electron chi connectivity index (χ0n) is 40.6. The lowest BCUT2D eigenvalue weighted by atomic mass is 9.35. The van der Waals surface area contributed by atoms with Gasteiger partial charge in [0, 0.05) is 61.9 Å². The van der Waals surface area contributed by atoms with Crippen LogP contribution in [0.15, 0.2) is 231 Å². The summed E-state index contributed by atoms with van der Waals surface area (Å²) in [5.74, 6) is 1.16. The molecule has 0 amide bonds. The van der Waals surface area contributed by atoms with Crippen molar-refractivity contribution in [3.63, 3.8) is 0 Å². The van der Waals surface area contributed by atoms with Gasteiger partial charge in [0.25, 0.3) is 6.71 Å². The number of nitrogens with zero attached hydrogens (tertiary/aromatic N) is 5. The van der Waals surface area contributed by atoms with Gasteiger partial charge >= 0.3 is 0 Å². The molecule has 1 saturated carbocycles. The minimum Gasteiger partial charge on any atom is -0.334 e. The first-order chi connectivity index (χ1) is 35.5. The van der Waals surface area contributed by atoms with Crippen molar-refractivity contribution < 1.29 is 0 Å². The van der Waals surface area contributed by atoms with E-state index < -0.39 is 0 Å². The second-order valence-corrected chi connectivity index (χ2v) is 20.8. The van der Waals surface area contributed by atoms with Gasteiger partial charge in [0.1, 0.15) is 5.82 Å². The summed E-state index contributed by atoms with van der Waals surface area (Å²) in [6, 6.07) is 86.1. The highest BCUT2D eigenvalue weighted by molar-refractivity contribution is 7.01. The zero-order valence-corrected chi connectivity index (χ0v) is 40.6. The van der Waals surface area contributed by atoms with E-state index >= 15 is 0 Å². The van der Waals surface area contributed by atoms with Crippen LogP contribution < -0.4 is 31.2 Å². The maximum atomic E-state index is 2.78. The number of anilines is 8. The Morgan fingerprint density at radius 2 is 0.944 bits per heavy atom. The van der Waals surface area contributed by atoms with Crippen molar-refractivity contribution in [3.05, 3.63) is 236 Å². The predicted molar refractivity (Wildman–Crippen MR) is 302 cm³/mol. The molecule has 5 heterocycles. The lowest BCUT2D eigenvalue weighted by Crippen LogP contribution is -2.63. The largest absolute Gasteiger partial charge is 0.334 e. The fourth-order valence-corrected chi connectivity index (χ4v) is 13.9. The molecule has 6 heteroatoms. The van der Waals surface area contributed by atoms with Crippen molar-refractivity contribution in [1.82, 2.24) is 9.13 Å². The van der Waals surface area contributed by atoms with Gasteiger partial charge in [-0.1, -0.05) is 171 Å². The van der Waals surface area contributed by atoms with E-state index in [2.05, 4.69) is 268 Å². The number of hydrogen-bond donors (Lipinski definition) is 0.